The highest BCUT2D eigenvalue weighted by Gasteiger charge is 2.24. The molecular weight excluding hydrogens is 755 g/mol. The summed E-state index contributed by atoms with van der Waals surface area (Å²) in [5.74, 6) is 1.75. The lowest BCUT2D eigenvalue weighted by Crippen LogP contribution is -2.07. The van der Waals surface area contributed by atoms with Crippen molar-refractivity contribution in [1.29, 1.82) is 0 Å². The second-order valence-electron chi connectivity index (χ2n) is 15.7. The Morgan fingerprint density at radius 1 is 0.258 bits per heavy atom. The molecule has 3 aromatic heterocycles. The van der Waals surface area contributed by atoms with Crippen molar-refractivity contribution < 1.29 is 0 Å². The van der Waals surface area contributed by atoms with Crippen molar-refractivity contribution in [3.63, 3.8) is 0 Å². The largest absolute Gasteiger partial charge is 0.307 e. The standard InChI is InChI=1S/C57H37N5/c1-4-16-38(17-5-1)41-30-32-42(33-31-41)55-58-56(45-24-14-22-43(36-45)39-18-6-2-7-19-39)60-57(59-55)62-52-29-13-11-27-48(52)50-35-34-49-47-26-10-12-28-51(47)61(53(49)54(50)62)46-25-15-23-44(37-46)40-20-8-3-9-21-40/h1-37H. The molecule has 0 N–H and O–H groups in total. The van der Waals surface area contributed by atoms with Crippen molar-refractivity contribution in [2.24, 2.45) is 0 Å². The Bertz CT molecular complexity index is 3610. The Kier molecular flexibility index (Phi) is 8.42. The summed E-state index contributed by atoms with van der Waals surface area (Å²) in [6.07, 6.45) is 0. The summed E-state index contributed by atoms with van der Waals surface area (Å²) in [4.78, 5) is 16.1. The molecular formula is C57H37N5. The van der Waals surface area contributed by atoms with Gasteiger partial charge < -0.3 is 4.57 Å². The number of hydrogen-bond donors (Lipinski definition) is 0. The highest BCUT2D eigenvalue weighted by molar-refractivity contribution is 6.23. The van der Waals surface area contributed by atoms with E-state index in [0.717, 1.165) is 82.9 Å². The first-order valence-corrected chi connectivity index (χ1v) is 20.9. The minimum atomic E-state index is 0.552. The van der Waals surface area contributed by atoms with Gasteiger partial charge in [-0.2, -0.15) is 9.97 Å². The lowest BCUT2D eigenvalue weighted by molar-refractivity contribution is 0.953. The highest BCUT2D eigenvalue weighted by Crippen LogP contribution is 2.42. The number of hydrogen-bond acceptors (Lipinski definition) is 3. The van der Waals surface area contributed by atoms with E-state index < -0.39 is 0 Å². The van der Waals surface area contributed by atoms with Crippen molar-refractivity contribution in [3.05, 3.63) is 224 Å². The minimum Gasteiger partial charge on any atom is -0.307 e. The van der Waals surface area contributed by atoms with Gasteiger partial charge in [-0.25, -0.2) is 4.98 Å². The van der Waals surface area contributed by atoms with Crippen LogP contribution in [0.25, 0.3) is 111 Å². The zero-order valence-corrected chi connectivity index (χ0v) is 33.6. The number of nitrogens with zero attached hydrogens (tertiary/aromatic N) is 5. The summed E-state index contributed by atoms with van der Waals surface area (Å²) in [6, 6.07) is 79.2. The monoisotopic (exact) mass is 791 g/mol. The lowest BCUT2D eigenvalue weighted by atomic mass is 10.0. The Morgan fingerprint density at radius 3 is 1.29 bits per heavy atom. The topological polar surface area (TPSA) is 48.5 Å². The smallest absolute Gasteiger partial charge is 0.238 e. The maximum absolute atomic E-state index is 5.42. The second-order valence-corrected chi connectivity index (χ2v) is 15.7. The van der Waals surface area contributed by atoms with Crippen LogP contribution in [-0.4, -0.2) is 24.1 Å². The predicted octanol–water partition coefficient (Wildman–Crippen LogP) is 14.4. The van der Waals surface area contributed by atoms with E-state index in [1.54, 1.807) is 0 Å². The van der Waals surface area contributed by atoms with Gasteiger partial charge in [0.15, 0.2) is 11.6 Å². The Morgan fingerprint density at radius 2 is 0.677 bits per heavy atom. The second kappa shape index (κ2) is 14.7. The number of rotatable bonds is 7. The maximum Gasteiger partial charge on any atom is 0.238 e. The molecule has 0 radical (unpaired) electrons. The van der Waals surface area contributed by atoms with Gasteiger partial charge in [0, 0.05) is 38.4 Å². The zero-order chi connectivity index (χ0) is 41.0. The first-order chi connectivity index (χ1) is 30.7. The molecule has 0 spiro atoms. The van der Waals surface area contributed by atoms with Gasteiger partial charge in [0.1, 0.15) is 0 Å². The highest BCUT2D eigenvalue weighted by atomic mass is 15.2. The van der Waals surface area contributed by atoms with Gasteiger partial charge in [-0.1, -0.05) is 194 Å². The zero-order valence-electron chi connectivity index (χ0n) is 33.6. The molecule has 62 heavy (non-hydrogen) atoms. The molecule has 290 valence electrons. The molecule has 0 unspecified atom stereocenters. The number of benzene rings is 9. The van der Waals surface area contributed by atoms with E-state index >= 15 is 0 Å². The summed E-state index contributed by atoms with van der Waals surface area (Å²) < 4.78 is 4.68. The van der Waals surface area contributed by atoms with Gasteiger partial charge in [0.2, 0.25) is 5.95 Å². The van der Waals surface area contributed by atoms with E-state index in [1.807, 2.05) is 12.1 Å². The van der Waals surface area contributed by atoms with Crippen molar-refractivity contribution >= 4 is 43.6 Å². The van der Waals surface area contributed by atoms with Gasteiger partial charge in [0.25, 0.3) is 0 Å². The molecule has 0 aliphatic heterocycles. The molecule has 0 amide bonds. The summed E-state index contributed by atoms with van der Waals surface area (Å²) in [5.41, 5.74) is 14.0. The first-order valence-electron chi connectivity index (χ1n) is 20.9. The average Bonchev–Trinajstić information content (AvgIpc) is 3.88. The molecule has 5 heteroatoms. The molecule has 3 heterocycles. The molecule has 0 aliphatic rings. The third-order valence-electron chi connectivity index (χ3n) is 12.0. The summed E-state index contributed by atoms with van der Waals surface area (Å²) in [7, 11) is 0. The van der Waals surface area contributed by atoms with Crippen LogP contribution in [0.3, 0.4) is 0 Å². The van der Waals surface area contributed by atoms with Crippen LogP contribution in [0.4, 0.5) is 0 Å². The van der Waals surface area contributed by atoms with Crippen LogP contribution >= 0.6 is 0 Å². The molecule has 0 fully saturated rings. The number of aromatic nitrogens is 5. The van der Waals surface area contributed by atoms with Crippen LogP contribution in [0.2, 0.25) is 0 Å². The third-order valence-corrected chi connectivity index (χ3v) is 12.0. The molecule has 5 nitrogen and oxygen atoms in total. The van der Waals surface area contributed by atoms with Crippen LogP contribution in [0.1, 0.15) is 0 Å². The van der Waals surface area contributed by atoms with E-state index in [4.69, 9.17) is 15.0 Å². The summed E-state index contributed by atoms with van der Waals surface area (Å²) >= 11 is 0. The quantitative estimate of drug-likeness (QED) is 0.162. The molecule has 9 aromatic carbocycles. The van der Waals surface area contributed by atoms with Gasteiger partial charge in [-0.05, 0) is 63.7 Å². The fourth-order valence-corrected chi connectivity index (χ4v) is 9.07. The van der Waals surface area contributed by atoms with E-state index in [-0.39, 0.29) is 0 Å². The SMILES string of the molecule is c1ccc(-c2ccc(-c3nc(-c4cccc(-c5ccccc5)c4)nc(-n4c5ccccc5c5ccc6c7ccccc7n(-c7cccc(-c8ccccc8)c7)c6c54)n3)cc2)cc1. The van der Waals surface area contributed by atoms with E-state index in [2.05, 4.69) is 221 Å². The summed E-state index contributed by atoms with van der Waals surface area (Å²) in [5, 5.41) is 4.59. The van der Waals surface area contributed by atoms with Crippen molar-refractivity contribution in [1.82, 2.24) is 24.1 Å². The fourth-order valence-electron chi connectivity index (χ4n) is 9.07. The molecule has 0 atom stereocenters. The lowest BCUT2D eigenvalue weighted by Gasteiger charge is -2.14. The third kappa shape index (κ3) is 5.98. The molecule has 0 aliphatic carbocycles. The van der Waals surface area contributed by atoms with Crippen molar-refractivity contribution in [2.75, 3.05) is 0 Å². The average molecular weight is 792 g/mol. The fraction of sp³-hybridized carbons (Fsp3) is 0. The maximum atomic E-state index is 5.42. The first kappa shape index (κ1) is 35.5. The number of para-hydroxylation sites is 2. The summed E-state index contributed by atoms with van der Waals surface area (Å²) in [6.45, 7) is 0. The Labute approximate surface area is 358 Å². The molecule has 0 saturated heterocycles. The van der Waals surface area contributed by atoms with Crippen molar-refractivity contribution in [3.8, 4) is 67.8 Å². The van der Waals surface area contributed by atoms with Gasteiger partial charge in [-0.3, -0.25) is 4.57 Å². The predicted molar refractivity (Wildman–Crippen MR) is 256 cm³/mol. The minimum absolute atomic E-state index is 0.552. The van der Waals surface area contributed by atoms with E-state index in [0.29, 0.717) is 17.6 Å². The van der Waals surface area contributed by atoms with Gasteiger partial charge in [-0.15, -0.1) is 0 Å². The van der Waals surface area contributed by atoms with E-state index in [9.17, 15) is 0 Å². The van der Waals surface area contributed by atoms with E-state index in [1.165, 1.54) is 10.9 Å². The van der Waals surface area contributed by atoms with Crippen LogP contribution < -0.4 is 0 Å². The normalized spacial score (nSPS) is 11.5. The van der Waals surface area contributed by atoms with Crippen LogP contribution in [0.5, 0.6) is 0 Å². The Hall–Kier alpha value is -8.41. The van der Waals surface area contributed by atoms with Crippen molar-refractivity contribution in [2.45, 2.75) is 0 Å². The van der Waals surface area contributed by atoms with Crippen LogP contribution in [0.15, 0.2) is 224 Å². The molecule has 12 rings (SSSR count). The molecule has 12 aromatic rings. The van der Waals surface area contributed by atoms with Gasteiger partial charge >= 0.3 is 0 Å². The Balaban J connectivity index is 1.15. The van der Waals surface area contributed by atoms with Gasteiger partial charge in [0.05, 0.1) is 22.1 Å². The molecule has 0 saturated carbocycles. The van der Waals surface area contributed by atoms with Crippen LogP contribution in [0, 0.1) is 0 Å². The van der Waals surface area contributed by atoms with Crippen LogP contribution in [-0.2, 0) is 0 Å². The number of fused-ring (bicyclic) bond motifs is 7. The molecule has 0 bridgehead atoms.